The molecule has 1 atom stereocenters. The van der Waals surface area contributed by atoms with E-state index in [1.54, 1.807) is 31.4 Å². The highest BCUT2D eigenvalue weighted by Crippen LogP contribution is 2.48. The summed E-state index contributed by atoms with van der Waals surface area (Å²) in [4.78, 5) is 26.1. The van der Waals surface area contributed by atoms with Gasteiger partial charge in [-0.05, 0) is 60.7 Å². The molecule has 0 aromatic heterocycles. The summed E-state index contributed by atoms with van der Waals surface area (Å²) < 4.78 is 10.7. The number of carbonyl (C=O) groups excluding carboxylic acids is 2. The van der Waals surface area contributed by atoms with Gasteiger partial charge in [0.25, 0.3) is 0 Å². The van der Waals surface area contributed by atoms with Gasteiger partial charge in [0, 0.05) is 23.4 Å². The van der Waals surface area contributed by atoms with Gasteiger partial charge >= 0.3 is 0 Å². The number of Topliss-reactive ketones (excluding diaryl/α,β-unsaturated/α-hetero) is 1. The van der Waals surface area contributed by atoms with Crippen molar-refractivity contribution in [3.63, 3.8) is 0 Å². The Hall–Kier alpha value is -3.70. The molecule has 2 N–H and O–H groups in total. The minimum atomic E-state index is -0.493. The fourth-order valence-corrected chi connectivity index (χ4v) is 5.62. The maximum atomic E-state index is 13.3. The molecule has 1 aliphatic carbocycles. The molecule has 2 aromatic rings. The molecule has 0 unspecified atom stereocenters. The van der Waals surface area contributed by atoms with Crippen LogP contribution in [0.3, 0.4) is 0 Å². The predicted octanol–water partition coefficient (Wildman–Crippen LogP) is 5.53. The van der Waals surface area contributed by atoms with E-state index >= 15 is 0 Å². The number of thioether (sulfide) groups is 1. The molecule has 0 radical (unpaired) electrons. The smallest absolute Gasteiger partial charge is 0.234 e. The molecule has 192 valence electrons. The van der Waals surface area contributed by atoms with Gasteiger partial charge in [-0.3, -0.25) is 9.59 Å². The Labute approximate surface area is 221 Å². The third-order valence-electron chi connectivity index (χ3n) is 6.37. The molecule has 1 amide bonds. The highest BCUT2D eigenvalue weighted by Gasteiger charge is 2.42. The Morgan fingerprint density at radius 1 is 1.14 bits per heavy atom. The average Bonchev–Trinajstić information content (AvgIpc) is 2.87. The molecule has 2 aromatic carbocycles. The number of allylic oxidation sites excluding steroid dienone is 3. The third kappa shape index (κ3) is 6.00. The van der Waals surface area contributed by atoms with Gasteiger partial charge in [-0.25, -0.2) is 0 Å². The molecule has 0 saturated heterocycles. The van der Waals surface area contributed by atoms with Crippen LogP contribution in [0.5, 0.6) is 11.5 Å². The van der Waals surface area contributed by atoms with Crippen molar-refractivity contribution >= 4 is 29.1 Å². The molecular formula is C29H31N3O4S. The van der Waals surface area contributed by atoms with Crippen molar-refractivity contribution in [2.24, 2.45) is 5.41 Å². The van der Waals surface area contributed by atoms with Crippen molar-refractivity contribution in [1.82, 2.24) is 5.32 Å². The number of nitrogens with zero attached hydrogens (tertiary/aromatic N) is 1. The zero-order chi connectivity index (χ0) is 26.6. The third-order valence-corrected chi connectivity index (χ3v) is 7.39. The van der Waals surface area contributed by atoms with E-state index in [0.717, 1.165) is 17.0 Å². The van der Waals surface area contributed by atoms with Crippen LogP contribution in [0.15, 0.2) is 70.4 Å². The Kier molecular flexibility index (Phi) is 7.94. The molecular weight excluding hydrogens is 486 g/mol. The molecule has 0 bridgehead atoms. The summed E-state index contributed by atoms with van der Waals surface area (Å²) in [5, 5.41) is 17.1. The normalized spacial score (nSPS) is 18.5. The quantitative estimate of drug-likeness (QED) is 0.475. The van der Waals surface area contributed by atoms with Crippen LogP contribution < -0.4 is 20.1 Å². The molecule has 2 aliphatic rings. The Bertz CT molecular complexity index is 1290. The second kappa shape index (κ2) is 11.1. The second-order valence-corrected chi connectivity index (χ2v) is 10.8. The molecule has 37 heavy (non-hydrogen) atoms. The molecule has 0 spiro atoms. The SMILES string of the molecule is CCOc1ccc(NC(=O)CSC2=C(C#N)[C@H](c3ccc(OC)cc3)C3=C(CC(C)(C)CC3=O)N2)cc1. The lowest BCUT2D eigenvalue weighted by molar-refractivity contribution is -0.118. The first-order chi connectivity index (χ1) is 17.7. The van der Waals surface area contributed by atoms with Crippen LogP contribution in [-0.4, -0.2) is 31.2 Å². The largest absolute Gasteiger partial charge is 0.497 e. The van der Waals surface area contributed by atoms with Gasteiger partial charge in [-0.15, -0.1) is 0 Å². The Morgan fingerprint density at radius 2 is 1.81 bits per heavy atom. The first-order valence-electron chi connectivity index (χ1n) is 12.2. The number of anilines is 1. The fourth-order valence-electron chi connectivity index (χ4n) is 4.76. The minimum absolute atomic E-state index is 0.0459. The fraction of sp³-hybridized carbons (Fsp3) is 0.345. The molecule has 1 aliphatic heterocycles. The number of nitrogens with one attached hydrogen (secondary N) is 2. The maximum absolute atomic E-state index is 13.3. The van der Waals surface area contributed by atoms with E-state index in [1.807, 2.05) is 31.2 Å². The molecule has 0 saturated carbocycles. The summed E-state index contributed by atoms with van der Waals surface area (Å²) in [6, 6.07) is 17.0. The average molecular weight is 518 g/mol. The van der Waals surface area contributed by atoms with Gasteiger partial charge in [-0.2, -0.15) is 5.26 Å². The predicted molar refractivity (Wildman–Crippen MR) is 145 cm³/mol. The van der Waals surface area contributed by atoms with Gasteiger partial charge in [0.15, 0.2) is 5.78 Å². The van der Waals surface area contributed by atoms with Crippen molar-refractivity contribution < 1.29 is 19.1 Å². The van der Waals surface area contributed by atoms with Crippen LogP contribution in [0.4, 0.5) is 5.69 Å². The van der Waals surface area contributed by atoms with Crippen LogP contribution in [0, 0.1) is 16.7 Å². The molecule has 8 heteroatoms. The van der Waals surface area contributed by atoms with Crippen molar-refractivity contribution in [3.8, 4) is 17.6 Å². The van der Waals surface area contributed by atoms with Crippen LogP contribution in [0.1, 0.15) is 45.1 Å². The zero-order valence-electron chi connectivity index (χ0n) is 21.5. The van der Waals surface area contributed by atoms with Gasteiger partial charge in [0.2, 0.25) is 5.91 Å². The van der Waals surface area contributed by atoms with Gasteiger partial charge < -0.3 is 20.1 Å². The first-order valence-corrected chi connectivity index (χ1v) is 13.2. The number of methoxy groups -OCH3 is 1. The summed E-state index contributed by atoms with van der Waals surface area (Å²) in [7, 11) is 1.60. The molecule has 0 fully saturated rings. The Morgan fingerprint density at radius 3 is 2.43 bits per heavy atom. The second-order valence-electron chi connectivity index (χ2n) is 9.81. The van der Waals surface area contributed by atoms with Crippen LogP contribution >= 0.6 is 11.8 Å². The van der Waals surface area contributed by atoms with E-state index in [9.17, 15) is 14.9 Å². The highest BCUT2D eigenvalue weighted by atomic mass is 32.2. The van der Waals surface area contributed by atoms with E-state index < -0.39 is 5.92 Å². The molecule has 7 nitrogen and oxygen atoms in total. The van der Waals surface area contributed by atoms with Crippen molar-refractivity contribution in [3.05, 3.63) is 76.0 Å². The number of amides is 1. The van der Waals surface area contributed by atoms with Gasteiger partial charge in [-0.1, -0.05) is 37.7 Å². The lowest BCUT2D eigenvalue weighted by Crippen LogP contribution is -2.37. The lowest BCUT2D eigenvalue weighted by Gasteiger charge is -2.39. The van der Waals surface area contributed by atoms with Crippen molar-refractivity contribution in [2.75, 3.05) is 24.8 Å². The summed E-state index contributed by atoms with van der Waals surface area (Å²) in [6.45, 7) is 6.63. The van der Waals surface area contributed by atoms with Crippen LogP contribution in [0.2, 0.25) is 0 Å². The number of ether oxygens (including phenoxy) is 2. The van der Waals surface area contributed by atoms with Gasteiger partial charge in [0.05, 0.1) is 42.1 Å². The first kappa shape index (κ1) is 26.4. The van der Waals surface area contributed by atoms with E-state index in [2.05, 4.69) is 30.6 Å². The van der Waals surface area contributed by atoms with E-state index in [0.29, 0.717) is 47.1 Å². The number of carbonyl (C=O) groups is 2. The zero-order valence-corrected chi connectivity index (χ0v) is 22.3. The van der Waals surface area contributed by atoms with Crippen molar-refractivity contribution in [1.29, 1.82) is 5.26 Å². The molecule has 1 heterocycles. The molecule has 4 rings (SSSR count). The number of dihydropyridines is 1. The summed E-state index contributed by atoms with van der Waals surface area (Å²) >= 11 is 1.27. The number of ketones is 1. The van der Waals surface area contributed by atoms with E-state index in [4.69, 9.17) is 9.47 Å². The van der Waals surface area contributed by atoms with E-state index in [1.165, 1.54) is 11.8 Å². The number of nitriles is 1. The summed E-state index contributed by atoms with van der Waals surface area (Å²) in [5.41, 5.74) is 3.23. The highest BCUT2D eigenvalue weighted by molar-refractivity contribution is 8.03. The standard InChI is InChI=1S/C29H31N3O4S/c1-5-36-21-12-8-19(9-13-21)31-25(34)17-37-28-22(16-30)26(18-6-10-20(35-4)11-7-18)27-23(32-28)14-29(2,3)15-24(27)33/h6-13,26,32H,5,14-15,17H2,1-4H3,(H,31,34)/t26-/m0/s1. The number of benzene rings is 2. The van der Waals surface area contributed by atoms with E-state index in [-0.39, 0.29) is 22.9 Å². The van der Waals surface area contributed by atoms with Crippen LogP contribution in [-0.2, 0) is 9.59 Å². The maximum Gasteiger partial charge on any atom is 0.234 e. The lowest BCUT2D eigenvalue weighted by atomic mass is 9.69. The monoisotopic (exact) mass is 517 g/mol. The number of rotatable bonds is 8. The topological polar surface area (TPSA) is 100 Å². The number of hydrogen-bond donors (Lipinski definition) is 2. The summed E-state index contributed by atoms with van der Waals surface area (Å²) in [6.07, 6.45) is 1.10. The van der Waals surface area contributed by atoms with Gasteiger partial charge in [0.1, 0.15) is 11.5 Å². The number of hydrogen-bond acceptors (Lipinski definition) is 7. The minimum Gasteiger partial charge on any atom is -0.497 e. The summed E-state index contributed by atoms with van der Waals surface area (Å²) in [5.74, 6) is 0.907. The van der Waals surface area contributed by atoms with Crippen LogP contribution in [0.25, 0.3) is 0 Å². The Balaban J connectivity index is 1.59. The van der Waals surface area contributed by atoms with Crippen molar-refractivity contribution in [2.45, 2.75) is 39.5 Å².